The number of aromatic nitrogens is 5. The first-order valence-electron chi connectivity index (χ1n) is 16.7. The number of alkyl halides is 3. The lowest BCUT2D eigenvalue weighted by Crippen LogP contribution is -2.67. The molecule has 1 saturated heterocycles. The van der Waals surface area contributed by atoms with Gasteiger partial charge in [-0.25, -0.2) is 19.9 Å². The Morgan fingerprint density at radius 3 is 2.49 bits per heavy atom. The number of aromatic hydroxyl groups is 1. The number of nitrogens with zero attached hydrogens (tertiary/aromatic N) is 8. The summed E-state index contributed by atoms with van der Waals surface area (Å²) in [4.78, 5) is 64.8. The fourth-order valence-electron chi connectivity index (χ4n) is 7.02. The Morgan fingerprint density at radius 2 is 1.84 bits per heavy atom. The molecule has 17 heteroatoms. The van der Waals surface area contributed by atoms with Gasteiger partial charge in [0, 0.05) is 37.9 Å². The number of hydrogen-bond donors (Lipinski definition) is 2. The summed E-state index contributed by atoms with van der Waals surface area (Å²) in [6.07, 6.45) is 1.87. The molecule has 4 aromatic rings. The number of hydrogen-bond acceptors (Lipinski definition) is 10. The van der Waals surface area contributed by atoms with Crippen molar-refractivity contribution in [1.29, 1.82) is 0 Å². The molecule has 0 unspecified atom stereocenters. The van der Waals surface area contributed by atoms with Gasteiger partial charge in [0.25, 0.3) is 5.91 Å². The van der Waals surface area contributed by atoms with E-state index in [1.807, 2.05) is 23.8 Å². The van der Waals surface area contributed by atoms with E-state index in [1.54, 1.807) is 22.6 Å². The van der Waals surface area contributed by atoms with Crippen LogP contribution in [0.1, 0.15) is 60.0 Å². The molecule has 51 heavy (non-hydrogen) atoms. The molecule has 13 nitrogen and oxygen atoms in total. The zero-order valence-electron chi connectivity index (χ0n) is 28.0. The first kappa shape index (κ1) is 34.5. The predicted octanol–water partition coefficient (Wildman–Crippen LogP) is 4.56. The lowest BCUT2D eigenvalue weighted by atomic mass is 9.81. The van der Waals surface area contributed by atoms with Crippen molar-refractivity contribution in [2.75, 3.05) is 35.3 Å². The van der Waals surface area contributed by atoms with Crippen LogP contribution < -0.4 is 20.5 Å². The van der Waals surface area contributed by atoms with Crippen LogP contribution >= 0.6 is 11.6 Å². The van der Waals surface area contributed by atoms with Crippen LogP contribution in [0, 0.1) is 6.92 Å². The number of piperazine rings is 1. The first-order valence-corrected chi connectivity index (χ1v) is 17.1. The van der Waals surface area contributed by atoms with Crippen LogP contribution in [-0.2, 0) is 23.9 Å². The first-order chi connectivity index (χ1) is 24.3. The smallest absolute Gasteiger partial charge is 0.416 e. The van der Waals surface area contributed by atoms with E-state index in [0.717, 1.165) is 31.0 Å². The maximum atomic E-state index is 14.5. The van der Waals surface area contributed by atoms with Gasteiger partial charge in [-0.15, -0.1) is 0 Å². The molecule has 0 spiro atoms. The average Bonchev–Trinajstić information content (AvgIpc) is 3.93. The number of halogens is 4. The Kier molecular flexibility index (Phi) is 8.76. The van der Waals surface area contributed by atoms with E-state index < -0.39 is 23.6 Å². The predicted molar refractivity (Wildman–Crippen MR) is 183 cm³/mol. The molecule has 0 bridgehead atoms. The fourth-order valence-corrected chi connectivity index (χ4v) is 7.25. The number of carbonyl (C=O) groups excluding carboxylic acids is 2. The zero-order valence-corrected chi connectivity index (χ0v) is 28.8. The van der Waals surface area contributed by atoms with Crippen LogP contribution in [0.2, 0.25) is 5.02 Å². The minimum atomic E-state index is -4.60. The number of amides is 2. The third-order valence-corrected chi connectivity index (χ3v) is 10.3. The number of aryl methyl sites for hydroxylation is 1. The minimum Gasteiger partial charge on any atom is -0.504 e. The van der Waals surface area contributed by atoms with E-state index in [1.165, 1.54) is 6.33 Å². The van der Waals surface area contributed by atoms with Crippen molar-refractivity contribution in [3.05, 3.63) is 68.6 Å². The highest BCUT2D eigenvalue weighted by molar-refractivity contribution is 6.33. The number of anilines is 3. The second-order valence-corrected chi connectivity index (χ2v) is 13.5. The number of benzene rings is 1. The highest BCUT2D eigenvalue weighted by atomic mass is 35.5. The quantitative estimate of drug-likeness (QED) is 0.265. The number of carbonyl (C=O) groups is 2. The van der Waals surface area contributed by atoms with Crippen LogP contribution in [0.4, 0.5) is 30.4 Å². The lowest BCUT2D eigenvalue weighted by molar-refractivity contribution is -0.137. The molecule has 2 amide bonds. The number of pyridine rings is 1. The molecular formula is C34H35ClF3N9O4. The molecule has 2 atom stereocenters. The largest absolute Gasteiger partial charge is 0.504 e. The SMILES string of the molecule is CCc1c(N2CCN(C(=O)c3ncnc(C)c3O)[C@@H]3CC[C@H]32)c(=O)c2nc(N(C)C3CC3)cnc2n1CC(=O)Nc1ccc(C(F)(F)F)cc1Cl. The van der Waals surface area contributed by atoms with Gasteiger partial charge in [-0.05, 0) is 57.2 Å². The van der Waals surface area contributed by atoms with Gasteiger partial charge in [-0.2, -0.15) is 13.2 Å². The fraction of sp³-hybridized carbons (Fsp3) is 0.441. The summed E-state index contributed by atoms with van der Waals surface area (Å²) in [6.45, 7) is 3.63. The van der Waals surface area contributed by atoms with Crippen LogP contribution in [0.3, 0.4) is 0 Å². The summed E-state index contributed by atoms with van der Waals surface area (Å²) in [5, 5.41) is 12.9. The van der Waals surface area contributed by atoms with Gasteiger partial charge >= 0.3 is 6.18 Å². The normalized spacial score (nSPS) is 18.7. The van der Waals surface area contributed by atoms with Gasteiger partial charge in [0.2, 0.25) is 11.3 Å². The Hall–Kier alpha value is -4.99. The molecule has 2 saturated carbocycles. The third-order valence-electron chi connectivity index (χ3n) is 10.0. The maximum Gasteiger partial charge on any atom is 0.416 e. The Balaban J connectivity index is 1.27. The van der Waals surface area contributed by atoms with Gasteiger partial charge in [0.05, 0.1) is 34.2 Å². The van der Waals surface area contributed by atoms with Gasteiger partial charge in [0.15, 0.2) is 22.6 Å². The zero-order chi connectivity index (χ0) is 36.4. The van der Waals surface area contributed by atoms with E-state index in [-0.39, 0.29) is 76.5 Å². The Labute approximate surface area is 295 Å². The average molecular weight is 726 g/mol. The summed E-state index contributed by atoms with van der Waals surface area (Å²) >= 11 is 6.14. The summed E-state index contributed by atoms with van der Waals surface area (Å²) in [5.74, 6) is -0.772. The van der Waals surface area contributed by atoms with E-state index in [4.69, 9.17) is 16.6 Å². The molecule has 2 N–H and O–H groups in total. The molecule has 3 fully saturated rings. The Morgan fingerprint density at radius 1 is 1.10 bits per heavy atom. The summed E-state index contributed by atoms with van der Waals surface area (Å²) in [6, 6.07) is 2.46. The topological polar surface area (TPSA) is 150 Å². The van der Waals surface area contributed by atoms with Crippen LogP contribution in [-0.4, -0.2) is 84.6 Å². The summed E-state index contributed by atoms with van der Waals surface area (Å²) < 4.78 is 41.3. The van der Waals surface area contributed by atoms with Gasteiger partial charge in [-0.3, -0.25) is 14.4 Å². The van der Waals surface area contributed by atoms with Crippen molar-refractivity contribution in [1.82, 2.24) is 29.4 Å². The maximum absolute atomic E-state index is 14.5. The van der Waals surface area contributed by atoms with E-state index in [0.29, 0.717) is 42.2 Å². The second kappa shape index (κ2) is 13.0. The standard InChI is InChI=1S/C34H35ClF3N9O4/c1-4-22-29(45-11-12-46(24-10-9-23(24)45)33(51)28-30(49)17(2)40-16-41-28)31(50)27-32(39-14-25(43-27)44(3)19-6-7-19)47(22)15-26(48)42-21-8-5-18(13-20(21)35)34(36,37)38/h5,8,13-14,16,19,23-24,49H,4,6-7,9-12,15H2,1-3H3,(H,42,48)/t23-,24-/m1/s1. The van der Waals surface area contributed by atoms with Crippen LogP contribution in [0.5, 0.6) is 5.75 Å². The summed E-state index contributed by atoms with van der Waals surface area (Å²) in [5.41, 5.74) is 0.0560. The minimum absolute atomic E-state index is 0.000680. The Bertz CT molecular complexity index is 2120. The third kappa shape index (κ3) is 6.19. The molecule has 4 heterocycles. The number of rotatable bonds is 8. The van der Waals surface area contributed by atoms with E-state index >= 15 is 0 Å². The van der Waals surface area contributed by atoms with Crippen molar-refractivity contribution in [3.8, 4) is 5.75 Å². The molecule has 1 aromatic carbocycles. The lowest BCUT2D eigenvalue weighted by Gasteiger charge is -2.54. The molecule has 268 valence electrons. The number of nitrogens with one attached hydrogen (secondary N) is 1. The van der Waals surface area contributed by atoms with Crippen molar-refractivity contribution in [3.63, 3.8) is 0 Å². The molecule has 7 rings (SSSR count). The van der Waals surface area contributed by atoms with Crippen molar-refractivity contribution >= 4 is 51.8 Å². The molecule has 1 aliphatic heterocycles. The molecular weight excluding hydrogens is 691 g/mol. The molecule has 3 aromatic heterocycles. The van der Waals surface area contributed by atoms with Crippen molar-refractivity contribution < 1.29 is 27.9 Å². The van der Waals surface area contributed by atoms with Crippen molar-refractivity contribution in [2.45, 2.75) is 76.8 Å². The highest BCUT2D eigenvalue weighted by Gasteiger charge is 2.47. The van der Waals surface area contributed by atoms with Crippen LogP contribution in [0.25, 0.3) is 11.2 Å². The van der Waals surface area contributed by atoms with Gasteiger partial charge < -0.3 is 29.7 Å². The molecule has 0 radical (unpaired) electrons. The number of fused-ring (bicyclic) bond motifs is 2. The van der Waals surface area contributed by atoms with Crippen LogP contribution in [0.15, 0.2) is 35.5 Å². The molecule has 2 aliphatic carbocycles. The van der Waals surface area contributed by atoms with E-state index in [2.05, 4.69) is 20.3 Å². The summed E-state index contributed by atoms with van der Waals surface area (Å²) in [7, 11) is 1.89. The highest BCUT2D eigenvalue weighted by Crippen LogP contribution is 2.39. The van der Waals surface area contributed by atoms with E-state index in [9.17, 15) is 32.7 Å². The van der Waals surface area contributed by atoms with Gasteiger partial charge in [-0.1, -0.05) is 18.5 Å². The second-order valence-electron chi connectivity index (χ2n) is 13.1. The monoisotopic (exact) mass is 725 g/mol. The van der Waals surface area contributed by atoms with Crippen molar-refractivity contribution in [2.24, 2.45) is 0 Å². The molecule has 3 aliphatic rings. The van der Waals surface area contributed by atoms with Gasteiger partial charge in [0.1, 0.15) is 24.4 Å².